The van der Waals surface area contributed by atoms with Crippen molar-refractivity contribution in [3.05, 3.63) is 64.8 Å². The van der Waals surface area contributed by atoms with Gasteiger partial charge in [0.1, 0.15) is 5.75 Å². The molecule has 3 aromatic rings. The SMILES string of the molecule is CC1CN(Cc2csc(NC(=O)c3ccc(Oc4ccc(C(F)(F)F)cn4)cc3)n2)CC(C)O1. The number of morpholine rings is 1. The summed E-state index contributed by atoms with van der Waals surface area (Å²) >= 11 is 1.36. The molecule has 180 valence electrons. The first kappa shape index (κ1) is 24.1. The number of carbonyl (C=O) groups excluding carboxylic acids is 1. The van der Waals surface area contributed by atoms with Crippen LogP contribution in [0.4, 0.5) is 18.3 Å². The van der Waals surface area contributed by atoms with Crippen LogP contribution in [-0.2, 0) is 17.5 Å². The summed E-state index contributed by atoms with van der Waals surface area (Å²) in [4.78, 5) is 23.0. The topological polar surface area (TPSA) is 76.6 Å². The molecule has 0 radical (unpaired) electrons. The highest BCUT2D eigenvalue weighted by molar-refractivity contribution is 7.14. The molecule has 1 aromatic carbocycles. The number of hydrogen-bond donors (Lipinski definition) is 1. The minimum atomic E-state index is -4.46. The van der Waals surface area contributed by atoms with E-state index in [9.17, 15) is 18.0 Å². The molecule has 7 nitrogen and oxygen atoms in total. The molecule has 11 heteroatoms. The number of aromatic nitrogens is 2. The fourth-order valence-corrected chi connectivity index (χ4v) is 4.35. The number of ether oxygens (including phenoxy) is 2. The average Bonchev–Trinajstić information content (AvgIpc) is 3.20. The van der Waals surface area contributed by atoms with Gasteiger partial charge in [0.2, 0.25) is 5.88 Å². The van der Waals surface area contributed by atoms with Crippen LogP contribution in [0.2, 0.25) is 0 Å². The maximum atomic E-state index is 12.6. The van der Waals surface area contributed by atoms with Gasteiger partial charge in [-0.2, -0.15) is 13.2 Å². The summed E-state index contributed by atoms with van der Waals surface area (Å²) in [7, 11) is 0. The van der Waals surface area contributed by atoms with Gasteiger partial charge in [0.05, 0.1) is 23.5 Å². The van der Waals surface area contributed by atoms with Crippen molar-refractivity contribution in [2.24, 2.45) is 0 Å². The molecule has 1 aliphatic rings. The predicted octanol–water partition coefficient (Wildman–Crippen LogP) is 5.21. The monoisotopic (exact) mass is 492 g/mol. The number of benzene rings is 1. The lowest BCUT2D eigenvalue weighted by molar-refractivity contribution is -0.137. The van der Waals surface area contributed by atoms with E-state index in [0.29, 0.717) is 29.2 Å². The Hall–Kier alpha value is -3.02. The molecular formula is C23H23F3N4O3S. The van der Waals surface area contributed by atoms with Crippen molar-refractivity contribution in [1.29, 1.82) is 0 Å². The van der Waals surface area contributed by atoms with Gasteiger partial charge < -0.3 is 9.47 Å². The maximum absolute atomic E-state index is 12.6. The summed E-state index contributed by atoms with van der Waals surface area (Å²) in [5.74, 6) is 0.0348. The van der Waals surface area contributed by atoms with Crippen LogP contribution in [0, 0.1) is 0 Å². The highest BCUT2D eigenvalue weighted by Gasteiger charge is 2.30. The third-order valence-corrected chi connectivity index (χ3v) is 5.86. The second kappa shape index (κ2) is 10.1. The predicted molar refractivity (Wildman–Crippen MR) is 121 cm³/mol. The van der Waals surface area contributed by atoms with Crippen molar-refractivity contribution in [2.75, 3.05) is 18.4 Å². The second-order valence-corrected chi connectivity index (χ2v) is 8.92. The zero-order valence-corrected chi connectivity index (χ0v) is 19.3. The van der Waals surface area contributed by atoms with Gasteiger partial charge in [-0.3, -0.25) is 15.0 Å². The minimum absolute atomic E-state index is 0.0181. The van der Waals surface area contributed by atoms with Crippen LogP contribution in [0.25, 0.3) is 0 Å². The highest BCUT2D eigenvalue weighted by atomic mass is 32.1. The van der Waals surface area contributed by atoms with Gasteiger partial charge in [-0.05, 0) is 44.2 Å². The lowest BCUT2D eigenvalue weighted by atomic mass is 10.2. The molecule has 2 unspecified atom stereocenters. The summed E-state index contributed by atoms with van der Waals surface area (Å²) in [6.07, 6.45) is -3.41. The van der Waals surface area contributed by atoms with Crippen molar-refractivity contribution in [3.63, 3.8) is 0 Å². The average molecular weight is 493 g/mol. The molecule has 1 saturated heterocycles. The Kier molecular flexibility index (Phi) is 7.15. The lowest BCUT2D eigenvalue weighted by Gasteiger charge is -2.34. The van der Waals surface area contributed by atoms with Gasteiger partial charge >= 0.3 is 6.18 Å². The van der Waals surface area contributed by atoms with Gasteiger partial charge in [-0.25, -0.2) is 9.97 Å². The van der Waals surface area contributed by atoms with E-state index in [1.165, 1.54) is 11.3 Å². The molecule has 0 spiro atoms. The van der Waals surface area contributed by atoms with Crippen LogP contribution in [0.5, 0.6) is 11.6 Å². The van der Waals surface area contributed by atoms with Crippen molar-refractivity contribution >= 4 is 22.4 Å². The fourth-order valence-electron chi connectivity index (χ4n) is 3.65. The van der Waals surface area contributed by atoms with Gasteiger partial charge in [0.15, 0.2) is 5.13 Å². The number of alkyl halides is 3. The molecule has 1 aliphatic heterocycles. The van der Waals surface area contributed by atoms with E-state index in [4.69, 9.17) is 9.47 Å². The molecule has 2 atom stereocenters. The smallest absolute Gasteiger partial charge is 0.417 e. The third-order valence-electron chi connectivity index (χ3n) is 5.06. The summed E-state index contributed by atoms with van der Waals surface area (Å²) in [5.41, 5.74) is 0.418. The van der Waals surface area contributed by atoms with Crippen LogP contribution >= 0.6 is 11.3 Å². The normalized spacial score (nSPS) is 19.1. The van der Waals surface area contributed by atoms with E-state index in [0.717, 1.165) is 30.9 Å². The Morgan fingerprint density at radius 3 is 2.50 bits per heavy atom. The number of halogens is 3. The fraction of sp³-hybridized carbons (Fsp3) is 0.348. The maximum Gasteiger partial charge on any atom is 0.417 e. The summed E-state index contributed by atoms with van der Waals surface area (Å²) in [6.45, 7) is 6.45. The van der Waals surface area contributed by atoms with Crippen molar-refractivity contribution in [3.8, 4) is 11.6 Å². The molecule has 4 rings (SSSR count). The molecule has 1 fully saturated rings. The van der Waals surface area contributed by atoms with Crippen molar-refractivity contribution < 1.29 is 27.4 Å². The van der Waals surface area contributed by atoms with Crippen LogP contribution in [-0.4, -0.2) is 46.1 Å². The van der Waals surface area contributed by atoms with Crippen molar-refractivity contribution in [2.45, 2.75) is 38.8 Å². The number of rotatable bonds is 6. The Bertz CT molecular complexity index is 1110. The Morgan fingerprint density at radius 1 is 1.18 bits per heavy atom. The summed E-state index contributed by atoms with van der Waals surface area (Å²) < 4.78 is 49.1. The van der Waals surface area contributed by atoms with Gasteiger partial charge in [0, 0.05) is 42.8 Å². The van der Waals surface area contributed by atoms with E-state index >= 15 is 0 Å². The van der Waals surface area contributed by atoms with Gasteiger partial charge in [0.25, 0.3) is 5.91 Å². The summed E-state index contributed by atoms with van der Waals surface area (Å²) in [6, 6.07) is 8.23. The first-order valence-corrected chi connectivity index (χ1v) is 11.5. The number of nitrogens with zero attached hydrogens (tertiary/aromatic N) is 3. The summed E-state index contributed by atoms with van der Waals surface area (Å²) in [5, 5.41) is 5.22. The molecule has 3 heterocycles. The Balaban J connectivity index is 1.32. The first-order valence-electron chi connectivity index (χ1n) is 10.6. The van der Waals surface area contributed by atoms with Gasteiger partial charge in [-0.15, -0.1) is 11.3 Å². The van der Waals surface area contributed by atoms with E-state index in [2.05, 4.69) is 20.2 Å². The standard InChI is InChI=1S/C23H23F3N4O3S/c1-14-10-30(11-15(2)32-14)12-18-13-34-22(28-18)29-21(31)16-3-6-19(7-4-16)33-20-8-5-17(9-27-20)23(24,25)26/h3-9,13-15H,10-12H2,1-2H3,(H,28,29,31). The molecule has 2 aromatic heterocycles. The number of nitrogens with one attached hydrogen (secondary N) is 1. The molecule has 0 aliphatic carbocycles. The van der Waals surface area contributed by atoms with Crippen LogP contribution in [0.15, 0.2) is 48.0 Å². The zero-order valence-electron chi connectivity index (χ0n) is 18.5. The number of hydrogen-bond acceptors (Lipinski definition) is 7. The first-order chi connectivity index (χ1) is 16.2. The van der Waals surface area contributed by atoms with Gasteiger partial charge in [-0.1, -0.05) is 0 Å². The Labute approximate surface area is 198 Å². The molecule has 34 heavy (non-hydrogen) atoms. The Morgan fingerprint density at radius 2 is 1.88 bits per heavy atom. The molecule has 1 amide bonds. The molecular weight excluding hydrogens is 469 g/mol. The number of thiazole rings is 1. The number of anilines is 1. The second-order valence-electron chi connectivity index (χ2n) is 8.06. The molecule has 1 N–H and O–H groups in total. The largest absolute Gasteiger partial charge is 0.439 e. The highest BCUT2D eigenvalue weighted by Crippen LogP contribution is 2.30. The zero-order chi connectivity index (χ0) is 24.3. The van der Waals surface area contributed by atoms with Crippen molar-refractivity contribution in [1.82, 2.24) is 14.9 Å². The van der Waals surface area contributed by atoms with Crippen LogP contribution < -0.4 is 10.1 Å². The van der Waals surface area contributed by atoms with E-state index < -0.39 is 11.7 Å². The van der Waals surface area contributed by atoms with E-state index in [-0.39, 0.29) is 24.0 Å². The lowest BCUT2D eigenvalue weighted by Crippen LogP contribution is -2.44. The minimum Gasteiger partial charge on any atom is -0.439 e. The van der Waals surface area contributed by atoms with E-state index in [1.54, 1.807) is 24.3 Å². The molecule has 0 saturated carbocycles. The quantitative estimate of drug-likeness (QED) is 0.509. The third kappa shape index (κ3) is 6.31. The van der Waals surface area contributed by atoms with Crippen LogP contribution in [0.1, 0.15) is 35.5 Å². The molecule has 0 bridgehead atoms. The number of pyridine rings is 1. The van der Waals surface area contributed by atoms with E-state index in [1.807, 2.05) is 19.2 Å². The van der Waals surface area contributed by atoms with Crippen LogP contribution in [0.3, 0.4) is 0 Å². The number of carbonyl (C=O) groups is 1. The number of amides is 1.